The van der Waals surface area contributed by atoms with Crippen LogP contribution in [0.4, 0.5) is 13.2 Å². The normalized spacial score (nSPS) is 28.1. The molecule has 154 valence electrons. The van der Waals surface area contributed by atoms with E-state index in [2.05, 4.69) is 5.10 Å². The molecule has 0 saturated heterocycles. The quantitative estimate of drug-likeness (QED) is 0.731. The summed E-state index contributed by atoms with van der Waals surface area (Å²) in [5.74, 6) is -2.34. The van der Waals surface area contributed by atoms with Gasteiger partial charge in [-0.1, -0.05) is 50.9 Å². The molecular weight excluding hydrogens is 393 g/mol. The molecule has 8 heteroatoms. The van der Waals surface area contributed by atoms with Gasteiger partial charge in [0.25, 0.3) is 11.6 Å². The number of fused-ring (bicyclic) bond motifs is 1. The van der Waals surface area contributed by atoms with Crippen LogP contribution in [0, 0.1) is 17.3 Å². The molecule has 2 aliphatic rings. The predicted octanol–water partition coefficient (Wildman–Crippen LogP) is 5.26. The summed E-state index contributed by atoms with van der Waals surface area (Å²) < 4.78 is 42.3. The Morgan fingerprint density at radius 2 is 2.00 bits per heavy atom. The average Bonchev–Trinajstić information content (AvgIpc) is 2.95. The average molecular weight is 417 g/mol. The summed E-state index contributed by atoms with van der Waals surface area (Å²) in [7, 11) is 0. The lowest BCUT2D eigenvalue weighted by Gasteiger charge is -2.43. The number of benzene rings is 1. The zero-order chi connectivity index (χ0) is 20.9. The molecule has 4 nitrogen and oxygen atoms in total. The van der Waals surface area contributed by atoms with Gasteiger partial charge in [-0.05, 0) is 42.7 Å². The van der Waals surface area contributed by atoms with Crippen LogP contribution in [0.5, 0.6) is 0 Å². The molecule has 1 aromatic carbocycles. The fourth-order valence-electron chi connectivity index (χ4n) is 4.17. The summed E-state index contributed by atoms with van der Waals surface area (Å²) in [6, 6.07) is 5.81. The first-order valence-electron chi connectivity index (χ1n) is 9.39. The SMILES string of the molecule is CCC(C)(C)[C@@H]1CCC2=NN(C(=O)c3ccccc3Cl)[C@@](O)(C(F)(F)F)[C@@H]2C1. The minimum Gasteiger partial charge on any atom is -0.362 e. The number of aliphatic hydroxyl groups is 1. The molecule has 0 radical (unpaired) electrons. The summed E-state index contributed by atoms with van der Waals surface area (Å²) in [6.45, 7) is 6.05. The predicted molar refractivity (Wildman–Crippen MR) is 101 cm³/mol. The number of halogens is 4. The number of carbonyl (C=O) groups is 1. The Kier molecular flexibility index (Phi) is 5.30. The van der Waals surface area contributed by atoms with Crippen LogP contribution < -0.4 is 0 Å². The second-order valence-electron chi connectivity index (χ2n) is 8.28. The van der Waals surface area contributed by atoms with Gasteiger partial charge in [0.05, 0.1) is 16.5 Å². The standard InChI is InChI=1S/C20H24ClF3N2O2/c1-4-18(2,3)12-9-10-16-14(11-12)19(28,20(22,23)24)26(25-16)17(27)13-7-5-6-8-15(13)21/h5-8,12,14,28H,4,9-11H2,1-3H3/t12-,14-,19+/m1/s1. The molecule has 0 bridgehead atoms. The highest BCUT2D eigenvalue weighted by Gasteiger charge is 2.69. The van der Waals surface area contributed by atoms with Crippen LogP contribution >= 0.6 is 11.6 Å². The number of hydrogen-bond donors (Lipinski definition) is 1. The van der Waals surface area contributed by atoms with Crippen LogP contribution in [0.2, 0.25) is 5.02 Å². The molecule has 28 heavy (non-hydrogen) atoms. The zero-order valence-corrected chi connectivity index (χ0v) is 16.8. The molecule has 1 amide bonds. The number of alkyl halides is 3. The Morgan fingerprint density at radius 3 is 2.57 bits per heavy atom. The van der Waals surface area contributed by atoms with E-state index in [1.54, 1.807) is 6.07 Å². The molecule has 1 aliphatic heterocycles. The van der Waals surface area contributed by atoms with Crippen molar-refractivity contribution in [1.82, 2.24) is 5.01 Å². The number of carbonyl (C=O) groups excluding carboxylic acids is 1. The topological polar surface area (TPSA) is 52.9 Å². The van der Waals surface area contributed by atoms with Crippen molar-refractivity contribution < 1.29 is 23.1 Å². The van der Waals surface area contributed by atoms with Gasteiger partial charge in [0, 0.05) is 5.71 Å². The van der Waals surface area contributed by atoms with Gasteiger partial charge in [-0.25, -0.2) is 0 Å². The maximum absolute atomic E-state index is 14.1. The fourth-order valence-corrected chi connectivity index (χ4v) is 4.39. The maximum atomic E-state index is 14.1. The Bertz CT molecular complexity index is 809. The summed E-state index contributed by atoms with van der Waals surface area (Å²) in [5.41, 5.74) is -3.44. The summed E-state index contributed by atoms with van der Waals surface area (Å²) >= 11 is 6.00. The van der Waals surface area contributed by atoms with Crippen molar-refractivity contribution in [3.63, 3.8) is 0 Å². The monoisotopic (exact) mass is 416 g/mol. The molecule has 1 fully saturated rings. The Balaban J connectivity index is 2.03. The molecular formula is C20H24ClF3N2O2. The van der Waals surface area contributed by atoms with E-state index in [0.717, 1.165) is 6.42 Å². The molecule has 1 heterocycles. The molecule has 0 aromatic heterocycles. The second kappa shape index (κ2) is 7.02. The van der Waals surface area contributed by atoms with Gasteiger partial charge in [-0.15, -0.1) is 0 Å². The van der Waals surface area contributed by atoms with Crippen LogP contribution in [0.3, 0.4) is 0 Å². The van der Waals surface area contributed by atoms with Crippen LogP contribution in [0.1, 0.15) is 56.8 Å². The summed E-state index contributed by atoms with van der Waals surface area (Å²) in [4.78, 5) is 12.9. The molecule has 1 saturated carbocycles. The van der Waals surface area contributed by atoms with Gasteiger partial charge in [0.2, 0.25) is 0 Å². The van der Waals surface area contributed by atoms with Crippen molar-refractivity contribution in [2.24, 2.45) is 22.4 Å². The van der Waals surface area contributed by atoms with E-state index >= 15 is 0 Å². The lowest BCUT2D eigenvalue weighted by atomic mass is 9.64. The minimum atomic E-state index is -5.06. The summed E-state index contributed by atoms with van der Waals surface area (Å²) in [6.07, 6.45) is -3.12. The lowest BCUT2D eigenvalue weighted by molar-refractivity contribution is -0.314. The molecule has 3 rings (SSSR count). The molecule has 1 aromatic rings. The molecule has 1 aliphatic carbocycles. The Labute approximate surface area is 167 Å². The number of rotatable bonds is 3. The number of hydrazone groups is 1. The zero-order valence-electron chi connectivity index (χ0n) is 16.1. The second-order valence-corrected chi connectivity index (χ2v) is 8.69. The van der Waals surface area contributed by atoms with Gasteiger partial charge in [-0.3, -0.25) is 4.79 Å². The van der Waals surface area contributed by atoms with E-state index in [9.17, 15) is 23.1 Å². The first-order chi connectivity index (χ1) is 12.9. The first kappa shape index (κ1) is 21.1. The van der Waals surface area contributed by atoms with Crippen LogP contribution in [0.15, 0.2) is 29.4 Å². The first-order valence-corrected chi connectivity index (χ1v) is 9.76. The third kappa shape index (κ3) is 3.22. The highest BCUT2D eigenvalue weighted by atomic mass is 35.5. The van der Waals surface area contributed by atoms with Crippen molar-refractivity contribution >= 4 is 23.2 Å². The van der Waals surface area contributed by atoms with E-state index in [1.807, 2.05) is 20.8 Å². The molecule has 3 atom stereocenters. The third-order valence-corrected chi connectivity index (χ3v) is 6.77. The Morgan fingerprint density at radius 1 is 1.36 bits per heavy atom. The minimum absolute atomic E-state index is 0.00862. The van der Waals surface area contributed by atoms with Gasteiger partial charge in [0.15, 0.2) is 0 Å². The van der Waals surface area contributed by atoms with Gasteiger partial charge in [0.1, 0.15) is 0 Å². The fraction of sp³-hybridized carbons (Fsp3) is 0.600. The molecule has 0 spiro atoms. The number of nitrogens with zero attached hydrogens (tertiary/aromatic N) is 2. The number of hydrogen-bond acceptors (Lipinski definition) is 3. The van der Waals surface area contributed by atoms with Gasteiger partial charge < -0.3 is 5.11 Å². The van der Waals surface area contributed by atoms with E-state index in [1.165, 1.54) is 18.2 Å². The number of amides is 1. The van der Waals surface area contributed by atoms with E-state index in [-0.39, 0.29) is 39.1 Å². The van der Waals surface area contributed by atoms with E-state index in [4.69, 9.17) is 11.6 Å². The summed E-state index contributed by atoms with van der Waals surface area (Å²) in [5, 5.41) is 15.1. The third-order valence-electron chi connectivity index (χ3n) is 6.44. The van der Waals surface area contributed by atoms with Crippen molar-refractivity contribution in [3.05, 3.63) is 34.9 Å². The van der Waals surface area contributed by atoms with Crippen molar-refractivity contribution in [1.29, 1.82) is 0 Å². The van der Waals surface area contributed by atoms with Crippen LogP contribution in [-0.4, -0.2) is 33.6 Å². The van der Waals surface area contributed by atoms with Gasteiger partial charge in [-0.2, -0.15) is 23.3 Å². The van der Waals surface area contributed by atoms with Gasteiger partial charge >= 0.3 is 6.18 Å². The van der Waals surface area contributed by atoms with Crippen molar-refractivity contribution in [2.45, 2.75) is 58.4 Å². The van der Waals surface area contributed by atoms with Crippen molar-refractivity contribution in [2.75, 3.05) is 0 Å². The van der Waals surface area contributed by atoms with E-state index < -0.39 is 23.7 Å². The van der Waals surface area contributed by atoms with Crippen LogP contribution in [0.25, 0.3) is 0 Å². The molecule has 0 unspecified atom stereocenters. The highest BCUT2D eigenvalue weighted by Crippen LogP contribution is 2.52. The molecule has 1 N–H and O–H groups in total. The smallest absolute Gasteiger partial charge is 0.362 e. The van der Waals surface area contributed by atoms with E-state index in [0.29, 0.717) is 12.8 Å². The maximum Gasteiger partial charge on any atom is 0.439 e. The van der Waals surface area contributed by atoms with Crippen LogP contribution in [-0.2, 0) is 0 Å². The lowest BCUT2D eigenvalue weighted by Crippen LogP contribution is -2.62. The largest absolute Gasteiger partial charge is 0.439 e. The van der Waals surface area contributed by atoms with Crippen molar-refractivity contribution in [3.8, 4) is 0 Å². The highest BCUT2D eigenvalue weighted by molar-refractivity contribution is 6.33. The Hall–Kier alpha value is -1.60.